The van der Waals surface area contributed by atoms with Crippen molar-refractivity contribution in [3.8, 4) is 0 Å². The highest BCUT2D eigenvalue weighted by Crippen LogP contribution is 2.52. The lowest BCUT2D eigenvalue weighted by molar-refractivity contribution is -0.181. The minimum atomic E-state index is -1.43. The van der Waals surface area contributed by atoms with E-state index in [1.807, 2.05) is 24.9 Å². The molecular weight excluding hydrogens is 1870 g/mol. The van der Waals surface area contributed by atoms with Gasteiger partial charge in [-0.05, 0) is 214 Å². The van der Waals surface area contributed by atoms with Crippen molar-refractivity contribution in [3.05, 3.63) is 148 Å². The van der Waals surface area contributed by atoms with Crippen LogP contribution >= 0.6 is 57.2 Å². The number of aliphatic imine (C=N–C) groups is 6. The Morgan fingerprint density at radius 2 is 0.689 bits per heavy atom. The van der Waals surface area contributed by atoms with Crippen molar-refractivity contribution in [1.29, 1.82) is 0 Å². The molecule has 14 heterocycles. The summed E-state index contributed by atoms with van der Waals surface area (Å²) < 4.78 is 48.0. The topological polar surface area (TPSA) is 506 Å². The molecule has 0 saturated carbocycles. The molecule has 132 heavy (non-hydrogen) atoms. The average Bonchev–Trinajstić information content (AvgIpc) is 1.58. The van der Waals surface area contributed by atoms with Gasteiger partial charge < -0.3 is 148 Å². The molecule has 14 aliphatic heterocycles. The molecule has 6 unspecified atom stereocenters. The Balaban J connectivity index is 0.000000178. The number of fused-ring (bicyclic) bond motifs is 4. The van der Waals surface area contributed by atoms with E-state index >= 15 is 0 Å². The van der Waals surface area contributed by atoms with E-state index in [-0.39, 0.29) is 17.2 Å². The van der Waals surface area contributed by atoms with Gasteiger partial charge in [0.1, 0.15) is 141 Å². The highest BCUT2D eigenvalue weighted by Gasteiger charge is 2.65. The molecule has 8 fully saturated rings. The third-order valence-electron chi connectivity index (χ3n) is 24.7. The Kier molecular flexibility index (Phi) is 35.3. The number of halogens is 1. The third-order valence-corrected chi connectivity index (χ3v) is 34.4. The molecule has 0 aromatic rings. The molecule has 4 bridgehead atoms. The van der Waals surface area contributed by atoms with E-state index in [1.54, 1.807) is 99.7 Å². The Hall–Kier alpha value is -5.90. The first kappa shape index (κ1) is 110. The second-order valence-electron chi connectivity index (χ2n) is 40.8. The zero-order valence-corrected chi connectivity index (χ0v) is 86.8. The van der Waals surface area contributed by atoms with Crippen LogP contribution < -0.4 is 34.4 Å². The lowest BCUT2D eigenvalue weighted by Crippen LogP contribution is -2.51. The SMILES string of the molecule is C=C1N=C(N)C(C)=CN1C1O[C@@]2(CCP(=C)(C)C)CO[C@@H]1[C@@H]2O.C=C1N=C(N)C=CN1C1O[C@@]2(CCP(=C)(C)C)CO[C@@H]1[C@@H]2O.C=C1N=C(N)C=CN1C1O[C@H](CCP(=C)(C)C)[C@@H](O)[C@@]1(C)O.C=C1N=C(N)C=CN1C1O[C@H](CCP(=C)(C)C)[C@@H](O)[C@H]1Br.C=C1N=C(N)C=CN1C1O[C@H](CCP(=C)(C)C)[C@@H](O)[C@]1(C)O.C=C1N=C(N)C=CN1C1O[C@](C)(CCP(=C)(C)C)[C@@H](O)[C@H]1O. The number of amidine groups is 6. The standard InChI is InChI=1S/C16H26N3O3P.C15H24N3O3P.3C15H26N3O3P.C14H23BrN3O2P/c1-10-8-19(11(2)18-14(10)17)15-12-13(20)16(22-15,9-21-12)6-7-23(3,4)5;1-10-17-11(16)5-7-18(10)14-12-13(19)15(21-14,9-20-12)6-8-22(2,3)4;2*1-10-17-12(16)6-8-18(10)14-15(2,20)13(19)11(21-14)7-9-22(3,4)5;1-10-17-11(16)6-8-18(10)14-12(19)13(20)15(2,21-14)7-9-22(3,4)5;1-9-17-11(16)5-7-18(9)14-12(15)13(19)10(20-14)6-8-21(2,3)4/h8,12-13,15,20H,2-3,6-7,9H2,1,4-5H3,(H2,17,18);5,7,12-14,19H,1-2,6,8-9H2,3-4H3,(H2,16,17);2*6,8,11,13-14,19-20H,1,3,7,9H2,2,4-5H3,(H2,16,17);6,8,12-14,19-20H,1,3,7,9H2,2,4-5H3,(H2,16,17);5,7,10,12-14,19H,1-2,6,8H2,3-4H3,(H2,16,17)/t12-,13+,15?,16+;12-,13+,14?,15+;11-,13-,14?,15+;11-,13-,14?,15-;12-,13+,14?,15-;10-,12-,13-,14?/m111111/s1. The summed E-state index contributed by atoms with van der Waals surface area (Å²) in [5, 5.41) is 94.7. The fraction of sp³-hybridized carbons (Fsp3) is 0.600. The van der Waals surface area contributed by atoms with Gasteiger partial charge in [0.15, 0.2) is 37.4 Å². The maximum atomic E-state index is 10.7. The Bertz CT molecular complexity index is 4890. The van der Waals surface area contributed by atoms with Gasteiger partial charge in [-0.1, -0.05) is 55.4 Å². The largest absolute Gasteiger partial charge is 0.389 e. The quantitative estimate of drug-likeness (QED) is 0.0450. The molecule has 0 spiro atoms. The number of nitrogens with two attached hydrogens (primary N) is 6. The van der Waals surface area contributed by atoms with Crippen LogP contribution in [-0.2, 0) is 37.9 Å². The predicted octanol–water partition coefficient (Wildman–Crippen LogP) is 4.92. The first-order valence-electron chi connectivity index (χ1n) is 43.7. The molecule has 0 aromatic carbocycles. The normalized spacial score (nSPS) is 36.0. The predicted molar refractivity (Wildman–Crippen MR) is 557 cm³/mol. The lowest BCUT2D eigenvalue weighted by atomic mass is 9.94. The first-order chi connectivity index (χ1) is 60.6. The number of aliphatic hydroxyl groups is 9. The number of nitrogens with zero attached hydrogens (tertiary/aromatic N) is 12. The Morgan fingerprint density at radius 1 is 0.386 bits per heavy atom. The molecule has 740 valence electrons. The smallest absolute Gasteiger partial charge is 0.166 e. The highest BCUT2D eigenvalue weighted by molar-refractivity contribution is 9.09. The molecule has 42 heteroatoms. The maximum Gasteiger partial charge on any atom is 0.166 e. The first-order valence-corrected chi connectivity index (χ1v) is 63.0. The van der Waals surface area contributed by atoms with Crippen molar-refractivity contribution in [2.75, 3.05) is 130 Å². The fourth-order valence-corrected chi connectivity index (χ4v) is 23.1. The maximum absolute atomic E-state index is 10.7. The zero-order valence-electron chi connectivity index (χ0n) is 79.9. The number of ether oxygens (including phenoxy) is 8. The van der Waals surface area contributed by atoms with E-state index < -0.39 is 168 Å². The van der Waals surface area contributed by atoms with Gasteiger partial charge in [0, 0.05) is 42.8 Å². The van der Waals surface area contributed by atoms with Gasteiger partial charge >= 0.3 is 0 Å². The van der Waals surface area contributed by atoms with Crippen LogP contribution in [0.4, 0.5) is 0 Å². The summed E-state index contributed by atoms with van der Waals surface area (Å²) in [7, 11) is 0. The van der Waals surface area contributed by atoms with Crippen molar-refractivity contribution < 1.29 is 83.9 Å². The second-order valence-corrected chi connectivity index (χ2v) is 67.8. The summed E-state index contributed by atoms with van der Waals surface area (Å²) in [6, 6.07) is 0. The molecule has 0 radical (unpaired) electrons. The van der Waals surface area contributed by atoms with Gasteiger partial charge in [0.05, 0.1) is 48.1 Å². The Morgan fingerprint density at radius 3 is 1.03 bits per heavy atom. The van der Waals surface area contributed by atoms with Crippen LogP contribution in [0.1, 0.15) is 66.2 Å². The van der Waals surface area contributed by atoms with Crippen LogP contribution in [0.5, 0.6) is 0 Å². The number of hydrogen-bond acceptors (Lipinski definition) is 35. The van der Waals surface area contributed by atoms with Crippen molar-refractivity contribution in [2.24, 2.45) is 64.4 Å². The second kappa shape index (κ2) is 42.4. The van der Waals surface area contributed by atoms with Crippen molar-refractivity contribution in [2.45, 2.75) is 210 Å². The number of aliphatic hydroxyl groups excluding tert-OH is 7. The molecule has 0 aliphatic carbocycles. The van der Waals surface area contributed by atoms with Gasteiger partial charge in [-0.25, -0.2) is 30.0 Å². The lowest BCUT2D eigenvalue weighted by Gasteiger charge is -2.37. The molecule has 8 saturated heterocycles. The molecule has 35 nitrogen and oxygen atoms in total. The molecular formula is C90H151BrN18O17P6. The van der Waals surface area contributed by atoms with Crippen LogP contribution in [0.2, 0.25) is 0 Å². The molecule has 14 aliphatic rings. The summed E-state index contributed by atoms with van der Waals surface area (Å²) in [6.45, 7) is 49.6. The minimum absolute atomic E-state index is 0.204. The van der Waals surface area contributed by atoms with E-state index in [2.05, 4.69) is 203 Å². The molecule has 0 amide bonds. The van der Waals surface area contributed by atoms with Crippen LogP contribution in [-0.4, -0.2) is 422 Å². The van der Waals surface area contributed by atoms with Crippen LogP contribution in [0, 0.1) is 0 Å². The number of alkyl halides is 1. The minimum Gasteiger partial charge on any atom is -0.389 e. The van der Waals surface area contributed by atoms with E-state index in [4.69, 9.17) is 72.3 Å². The van der Waals surface area contributed by atoms with E-state index in [9.17, 15) is 46.0 Å². The van der Waals surface area contributed by atoms with Gasteiger partial charge in [0.2, 0.25) is 0 Å². The zero-order chi connectivity index (χ0) is 99.0. The van der Waals surface area contributed by atoms with E-state index in [0.29, 0.717) is 102 Å². The van der Waals surface area contributed by atoms with Crippen LogP contribution in [0.3, 0.4) is 0 Å². The molecule has 14 rings (SSSR count). The van der Waals surface area contributed by atoms with Gasteiger partial charge in [0.25, 0.3) is 0 Å². The number of rotatable bonds is 24. The van der Waals surface area contributed by atoms with Crippen molar-refractivity contribution in [1.82, 2.24) is 29.4 Å². The monoisotopic (exact) mass is 2020 g/mol. The summed E-state index contributed by atoms with van der Waals surface area (Å²) in [6.07, 6.45) is 42.5. The highest BCUT2D eigenvalue weighted by atomic mass is 79.9. The Labute approximate surface area is 790 Å². The van der Waals surface area contributed by atoms with E-state index in [0.717, 1.165) is 61.8 Å². The molecule has 21 N–H and O–H groups in total. The molecule has 24 atom stereocenters. The average molecular weight is 2020 g/mol. The summed E-state index contributed by atoms with van der Waals surface area (Å²) in [4.78, 5) is 34.7. The van der Waals surface area contributed by atoms with Crippen molar-refractivity contribution in [3.63, 3.8) is 0 Å². The summed E-state index contributed by atoms with van der Waals surface area (Å²) >= 11 is 3.53. The third kappa shape index (κ3) is 27.2. The van der Waals surface area contributed by atoms with Gasteiger partial charge in [-0.2, -0.15) is 0 Å². The van der Waals surface area contributed by atoms with Gasteiger partial charge in [-0.15, -0.1) is 79.1 Å². The summed E-state index contributed by atoms with van der Waals surface area (Å²) in [5.41, 5.74) is 29.9. The fourth-order valence-electron chi connectivity index (χ4n) is 16.5. The van der Waals surface area contributed by atoms with Crippen molar-refractivity contribution >= 4 is 130 Å². The van der Waals surface area contributed by atoms with Gasteiger partial charge in [-0.3, -0.25) is 0 Å². The molecule has 0 aromatic heterocycles. The van der Waals surface area contributed by atoms with Crippen LogP contribution in [0.25, 0.3) is 0 Å². The summed E-state index contributed by atoms with van der Waals surface area (Å²) in [5.74, 6) is 4.97. The van der Waals surface area contributed by atoms with Crippen LogP contribution in [0.15, 0.2) is 178 Å². The number of hydrogen-bond donors (Lipinski definition) is 15. The van der Waals surface area contributed by atoms with E-state index in [1.165, 1.54) is 0 Å².